The van der Waals surface area contributed by atoms with Crippen molar-refractivity contribution in [1.82, 2.24) is 14.9 Å². The van der Waals surface area contributed by atoms with Crippen LogP contribution < -0.4 is 4.90 Å². The molecule has 5 heteroatoms. The average Bonchev–Trinajstić information content (AvgIpc) is 3.04. The number of amides is 1. The van der Waals surface area contributed by atoms with Crippen LogP contribution in [-0.2, 0) is 4.79 Å². The van der Waals surface area contributed by atoms with E-state index in [0.717, 1.165) is 68.7 Å². The summed E-state index contributed by atoms with van der Waals surface area (Å²) < 4.78 is 0. The van der Waals surface area contributed by atoms with Crippen molar-refractivity contribution in [2.45, 2.75) is 32.6 Å². The smallest absolute Gasteiger partial charge is 0.230 e. The SMILES string of the molecule is CCCN1CCC[C@]2(CCN(c3cnc4ccccc4n3)C2)C1=O. The highest BCUT2D eigenvalue weighted by Crippen LogP contribution is 2.41. The van der Waals surface area contributed by atoms with Crippen molar-refractivity contribution in [3.63, 3.8) is 0 Å². The minimum atomic E-state index is -0.208. The number of piperidine rings is 1. The maximum absolute atomic E-state index is 13.0. The van der Waals surface area contributed by atoms with Crippen LogP contribution in [0.2, 0.25) is 0 Å². The van der Waals surface area contributed by atoms with Crippen molar-refractivity contribution >= 4 is 22.8 Å². The van der Waals surface area contributed by atoms with E-state index in [2.05, 4.69) is 21.7 Å². The van der Waals surface area contributed by atoms with Gasteiger partial charge in [-0.2, -0.15) is 0 Å². The lowest BCUT2D eigenvalue weighted by Crippen LogP contribution is -2.50. The van der Waals surface area contributed by atoms with Crippen molar-refractivity contribution in [1.29, 1.82) is 0 Å². The topological polar surface area (TPSA) is 49.3 Å². The number of hydrogen-bond acceptors (Lipinski definition) is 4. The van der Waals surface area contributed by atoms with Crippen molar-refractivity contribution < 1.29 is 4.79 Å². The molecule has 2 aliphatic heterocycles. The van der Waals surface area contributed by atoms with E-state index >= 15 is 0 Å². The fourth-order valence-electron chi connectivity index (χ4n) is 4.18. The molecule has 3 heterocycles. The number of para-hydroxylation sites is 2. The van der Waals surface area contributed by atoms with Gasteiger partial charge in [0.05, 0.1) is 22.6 Å². The zero-order valence-corrected chi connectivity index (χ0v) is 14.2. The van der Waals surface area contributed by atoms with E-state index < -0.39 is 0 Å². The number of benzene rings is 1. The molecule has 2 aliphatic rings. The van der Waals surface area contributed by atoms with Crippen molar-refractivity contribution in [3.05, 3.63) is 30.5 Å². The van der Waals surface area contributed by atoms with Crippen LogP contribution in [0.1, 0.15) is 32.6 Å². The number of fused-ring (bicyclic) bond motifs is 1. The van der Waals surface area contributed by atoms with Crippen molar-refractivity contribution in [3.8, 4) is 0 Å². The quantitative estimate of drug-likeness (QED) is 0.871. The van der Waals surface area contributed by atoms with E-state index in [0.29, 0.717) is 5.91 Å². The summed E-state index contributed by atoms with van der Waals surface area (Å²) in [6, 6.07) is 7.93. The zero-order chi connectivity index (χ0) is 16.6. The Bertz CT molecular complexity index is 760. The van der Waals surface area contributed by atoms with Gasteiger partial charge in [0, 0.05) is 26.2 Å². The van der Waals surface area contributed by atoms with E-state index in [9.17, 15) is 4.79 Å². The Hall–Kier alpha value is -2.17. The first-order chi connectivity index (χ1) is 11.7. The third kappa shape index (κ3) is 2.52. The van der Waals surface area contributed by atoms with Gasteiger partial charge in [-0.15, -0.1) is 0 Å². The summed E-state index contributed by atoms with van der Waals surface area (Å²) in [5, 5.41) is 0. The van der Waals surface area contributed by atoms with Crippen LogP contribution in [0.3, 0.4) is 0 Å². The molecule has 4 rings (SSSR count). The normalized spacial score (nSPS) is 24.3. The lowest BCUT2D eigenvalue weighted by Gasteiger charge is -2.39. The molecule has 0 N–H and O–H groups in total. The minimum Gasteiger partial charge on any atom is -0.354 e. The summed E-state index contributed by atoms with van der Waals surface area (Å²) in [7, 11) is 0. The van der Waals surface area contributed by atoms with Gasteiger partial charge < -0.3 is 9.80 Å². The summed E-state index contributed by atoms with van der Waals surface area (Å²) in [6.07, 6.45) is 5.92. The molecule has 1 aromatic heterocycles. The molecular weight excluding hydrogens is 300 g/mol. The Labute approximate surface area is 142 Å². The van der Waals surface area contributed by atoms with Crippen molar-refractivity contribution in [2.75, 3.05) is 31.1 Å². The van der Waals surface area contributed by atoms with Crippen LogP contribution in [0, 0.1) is 5.41 Å². The number of aromatic nitrogens is 2. The van der Waals surface area contributed by atoms with Crippen LogP contribution in [0.15, 0.2) is 30.5 Å². The molecule has 1 amide bonds. The largest absolute Gasteiger partial charge is 0.354 e. The predicted molar refractivity (Wildman–Crippen MR) is 94.9 cm³/mol. The molecule has 0 bridgehead atoms. The average molecular weight is 324 g/mol. The fraction of sp³-hybridized carbons (Fsp3) is 0.526. The highest BCUT2D eigenvalue weighted by Gasteiger charge is 2.48. The van der Waals surface area contributed by atoms with Gasteiger partial charge in [-0.3, -0.25) is 9.78 Å². The maximum atomic E-state index is 13.0. The molecule has 1 aromatic carbocycles. The molecule has 2 fully saturated rings. The Kier molecular flexibility index (Phi) is 3.87. The minimum absolute atomic E-state index is 0.208. The number of likely N-dealkylation sites (tertiary alicyclic amines) is 1. The summed E-state index contributed by atoms with van der Waals surface area (Å²) in [5.74, 6) is 1.25. The molecule has 1 spiro atoms. The summed E-state index contributed by atoms with van der Waals surface area (Å²) >= 11 is 0. The standard InChI is InChI=1S/C19H24N4O/c1-2-10-22-11-5-8-19(18(22)24)9-12-23(14-19)17-13-20-15-6-3-4-7-16(15)21-17/h3-4,6-7,13H,2,5,8-12,14H2,1H3/t19-/m1/s1. The summed E-state index contributed by atoms with van der Waals surface area (Å²) in [4.78, 5) is 26.6. The third-order valence-corrected chi connectivity index (χ3v) is 5.43. The first-order valence-corrected chi connectivity index (χ1v) is 8.98. The van der Waals surface area contributed by atoms with Crippen molar-refractivity contribution in [2.24, 2.45) is 5.41 Å². The van der Waals surface area contributed by atoms with Crippen LogP contribution in [0.25, 0.3) is 11.0 Å². The van der Waals surface area contributed by atoms with Crippen LogP contribution >= 0.6 is 0 Å². The molecule has 5 nitrogen and oxygen atoms in total. The maximum Gasteiger partial charge on any atom is 0.230 e. The first kappa shape index (κ1) is 15.4. The Balaban J connectivity index is 1.57. The van der Waals surface area contributed by atoms with Gasteiger partial charge in [0.15, 0.2) is 0 Å². The highest BCUT2D eigenvalue weighted by molar-refractivity contribution is 5.85. The molecule has 126 valence electrons. The Morgan fingerprint density at radius 3 is 2.83 bits per heavy atom. The van der Waals surface area contributed by atoms with Gasteiger partial charge in [-0.25, -0.2) is 4.98 Å². The Morgan fingerprint density at radius 1 is 1.17 bits per heavy atom. The molecule has 24 heavy (non-hydrogen) atoms. The van der Waals surface area contributed by atoms with E-state index in [-0.39, 0.29) is 5.41 Å². The lowest BCUT2D eigenvalue weighted by atomic mass is 9.78. The van der Waals surface area contributed by atoms with Gasteiger partial charge >= 0.3 is 0 Å². The van der Waals surface area contributed by atoms with Crippen LogP contribution in [0.4, 0.5) is 5.82 Å². The molecule has 2 saturated heterocycles. The third-order valence-electron chi connectivity index (χ3n) is 5.43. The monoisotopic (exact) mass is 324 g/mol. The Morgan fingerprint density at radius 2 is 2.00 bits per heavy atom. The number of carbonyl (C=O) groups is 1. The summed E-state index contributed by atoms with van der Waals surface area (Å²) in [5.41, 5.74) is 1.62. The number of nitrogens with zero attached hydrogens (tertiary/aromatic N) is 4. The second-order valence-corrected chi connectivity index (χ2v) is 7.06. The van der Waals surface area contributed by atoms with E-state index in [1.54, 1.807) is 0 Å². The first-order valence-electron chi connectivity index (χ1n) is 8.98. The number of hydrogen-bond donors (Lipinski definition) is 0. The van der Waals surface area contributed by atoms with Gasteiger partial charge in [-0.1, -0.05) is 19.1 Å². The van der Waals surface area contributed by atoms with E-state index in [4.69, 9.17) is 4.98 Å². The molecule has 1 atom stereocenters. The van der Waals surface area contributed by atoms with Crippen LogP contribution in [0.5, 0.6) is 0 Å². The second-order valence-electron chi connectivity index (χ2n) is 7.06. The summed E-state index contributed by atoms with van der Waals surface area (Å²) in [6.45, 7) is 5.61. The molecule has 0 aliphatic carbocycles. The predicted octanol–water partition coefficient (Wildman–Crippen LogP) is 2.86. The van der Waals surface area contributed by atoms with Gasteiger partial charge in [-0.05, 0) is 37.8 Å². The van der Waals surface area contributed by atoms with Gasteiger partial charge in [0.2, 0.25) is 5.91 Å². The molecule has 0 saturated carbocycles. The zero-order valence-electron chi connectivity index (χ0n) is 14.2. The molecule has 0 radical (unpaired) electrons. The van der Waals surface area contributed by atoms with Gasteiger partial charge in [0.1, 0.15) is 5.82 Å². The second kappa shape index (κ2) is 6.04. The van der Waals surface area contributed by atoms with E-state index in [1.165, 1.54) is 0 Å². The molecule has 2 aromatic rings. The molecule has 0 unspecified atom stereocenters. The molecular formula is C19H24N4O. The fourth-order valence-corrected chi connectivity index (χ4v) is 4.18. The number of anilines is 1. The highest BCUT2D eigenvalue weighted by atomic mass is 16.2. The number of rotatable bonds is 3. The van der Waals surface area contributed by atoms with Gasteiger partial charge in [0.25, 0.3) is 0 Å². The van der Waals surface area contributed by atoms with E-state index in [1.807, 2.05) is 30.5 Å². The lowest BCUT2D eigenvalue weighted by molar-refractivity contribution is -0.145. The number of carbonyl (C=O) groups excluding carboxylic acids is 1. The van der Waals surface area contributed by atoms with Crippen LogP contribution in [-0.4, -0.2) is 47.0 Å².